The molecule has 1 rings (SSSR count). The van der Waals surface area contributed by atoms with Gasteiger partial charge in [-0.3, -0.25) is 0 Å². The molecule has 1 aromatic heterocycles. The standard InChI is InChI=1S/C10H16BrNS/c1-4-12-10(7(2)3)8-5-6-9(11)13-8/h5-7,10,12H,4H2,1-3H3. The summed E-state index contributed by atoms with van der Waals surface area (Å²) in [5.41, 5.74) is 0. The molecular formula is C10H16BrNS. The SMILES string of the molecule is CCNC(c1ccc(Br)s1)C(C)C. The summed E-state index contributed by atoms with van der Waals surface area (Å²) in [5.74, 6) is 0.644. The molecule has 1 atom stereocenters. The van der Waals surface area contributed by atoms with Crippen LogP contribution in [-0.4, -0.2) is 6.54 Å². The zero-order chi connectivity index (χ0) is 9.84. The van der Waals surface area contributed by atoms with Crippen LogP contribution in [0.15, 0.2) is 15.9 Å². The summed E-state index contributed by atoms with van der Waals surface area (Å²) in [6.07, 6.45) is 0. The smallest absolute Gasteiger partial charge is 0.0701 e. The van der Waals surface area contributed by atoms with Crippen LogP contribution in [0.4, 0.5) is 0 Å². The van der Waals surface area contributed by atoms with Crippen molar-refractivity contribution in [3.8, 4) is 0 Å². The first-order valence-corrected chi connectivity index (χ1v) is 6.24. The molecule has 1 heterocycles. The second-order valence-electron chi connectivity index (χ2n) is 3.42. The molecule has 13 heavy (non-hydrogen) atoms. The molecule has 0 aliphatic heterocycles. The number of halogens is 1. The topological polar surface area (TPSA) is 12.0 Å². The number of thiophene rings is 1. The lowest BCUT2D eigenvalue weighted by atomic mass is 10.0. The molecule has 0 spiro atoms. The molecule has 1 N–H and O–H groups in total. The third-order valence-electron chi connectivity index (χ3n) is 1.99. The summed E-state index contributed by atoms with van der Waals surface area (Å²) in [4.78, 5) is 1.42. The Labute approximate surface area is 92.7 Å². The van der Waals surface area contributed by atoms with Crippen molar-refractivity contribution in [3.05, 3.63) is 20.8 Å². The van der Waals surface area contributed by atoms with E-state index in [1.54, 1.807) is 0 Å². The van der Waals surface area contributed by atoms with Crippen molar-refractivity contribution in [1.29, 1.82) is 0 Å². The van der Waals surface area contributed by atoms with Crippen molar-refractivity contribution < 1.29 is 0 Å². The Hall–Kier alpha value is 0.140. The van der Waals surface area contributed by atoms with E-state index in [0.717, 1.165) is 6.54 Å². The van der Waals surface area contributed by atoms with Gasteiger partial charge >= 0.3 is 0 Å². The molecule has 74 valence electrons. The quantitative estimate of drug-likeness (QED) is 0.869. The monoisotopic (exact) mass is 261 g/mol. The van der Waals surface area contributed by atoms with Gasteiger partial charge in [0.25, 0.3) is 0 Å². The lowest BCUT2D eigenvalue weighted by Gasteiger charge is -2.20. The molecule has 0 aromatic carbocycles. The molecule has 1 unspecified atom stereocenters. The molecule has 0 saturated carbocycles. The molecular weight excluding hydrogens is 246 g/mol. The number of hydrogen-bond donors (Lipinski definition) is 1. The summed E-state index contributed by atoms with van der Waals surface area (Å²) in [6.45, 7) is 7.68. The highest BCUT2D eigenvalue weighted by Crippen LogP contribution is 2.30. The van der Waals surface area contributed by atoms with Gasteiger partial charge in [-0.05, 0) is 40.5 Å². The zero-order valence-corrected chi connectivity index (χ0v) is 10.7. The van der Waals surface area contributed by atoms with Crippen LogP contribution in [0.1, 0.15) is 31.7 Å². The fraction of sp³-hybridized carbons (Fsp3) is 0.600. The minimum Gasteiger partial charge on any atom is -0.309 e. The average Bonchev–Trinajstić information content (AvgIpc) is 2.46. The van der Waals surface area contributed by atoms with Gasteiger partial charge < -0.3 is 5.32 Å². The summed E-state index contributed by atoms with van der Waals surface area (Å²) in [6, 6.07) is 4.82. The second kappa shape index (κ2) is 5.13. The van der Waals surface area contributed by atoms with Crippen LogP contribution in [-0.2, 0) is 0 Å². The Morgan fingerprint density at radius 1 is 1.46 bits per heavy atom. The van der Waals surface area contributed by atoms with Crippen molar-refractivity contribution in [2.75, 3.05) is 6.54 Å². The van der Waals surface area contributed by atoms with Crippen LogP contribution < -0.4 is 5.32 Å². The van der Waals surface area contributed by atoms with E-state index in [9.17, 15) is 0 Å². The van der Waals surface area contributed by atoms with Crippen LogP contribution in [0.5, 0.6) is 0 Å². The predicted molar refractivity (Wildman–Crippen MR) is 63.3 cm³/mol. The molecule has 0 aliphatic rings. The van der Waals surface area contributed by atoms with Crippen molar-refractivity contribution in [2.24, 2.45) is 5.92 Å². The summed E-state index contributed by atoms with van der Waals surface area (Å²) < 4.78 is 1.21. The van der Waals surface area contributed by atoms with Gasteiger partial charge in [-0.15, -0.1) is 11.3 Å². The van der Waals surface area contributed by atoms with Crippen molar-refractivity contribution in [2.45, 2.75) is 26.8 Å². The molecule has 0 bridgehead atoms. The third-order valence-corrected chi connectivity index (χ3v) is 3.70. The minimum atomic E-state index is 0.501. The largest absolute Gasteiger partial charge is 0.309 e. The van der Waals surface area contributed by atoms with E-state index in [0.29, 0.717) is 12.0 Å². The lowest BCUT2D eigenvalue weighted by Crippen LogP contribution is -2.24. The molecule has 0 saturated heterocycles. The molecule has 0 radical (unpaired) electrons. The minimum absolute atomic E-state index is 0.501. The highest BCUT2D eigenvalue weighted by molar-refractivity contribution is 9.11. The van der Waals surface area contributed by atoms with E-state index in [1.165, 1.54) is 8.66 Å². The van der Waals surface area contributed by atoms with Gasteiger partial charge in [-0.2, -0.15) is 0 Å². The zero-order valence-electron chi connectivity index (χ0n) is 8.30. The van der Waals surface area contributed by atoms with Crippen LogP contribution in [0, 0.1) is 5.92 Å². The van der Waals surface area contributed by atoms with Gasteiger partial charge in [-0.25, -0.2) is 0 Å². The molecule has 0 amide bonds. The highest BCUT2D eigenvalue weighted by atomic mass is 79.9. The molecule has 3 heteroatoms. The summed E-state index contributed by atoms with van der Waals surface area (Å²) in [7, 11) is 0. The van der Waals surface area contributed by atoms with Crippen molar-refractivity contribution in [3.63, 3.8) is 0 Å². The Kier molecular flexibility index (Phi) is 4.42. The van der Waals surface area contributed by atoms with E-state index in [-0.39, 0.29) is 0 Å². The Morgan fingerprint density at radius 2 is 2.15 bits per heavy atom. The van der Waals surface area contributed by atoms with Crippen molar-refractivity contribution >= 4 is 27.3 Å². The normalized spacial score (nSPS) is 13.6. The maximum Gasteiger partial charge on any atom is 0.0701 e. The maximum absolute atomic E-state index is 3.50. The van der Waals surface area contributed by atoms with Gasteiger partial charge in [0.15, 0.2) is 0 Å². The van der Waals surface area contributed by atoms with E-state index in [1.807, 2.05) is 11.3 Å². The van der Waals surface area contributed by atoms with Crippen LogP contribution in [0.25, 0.3) is 0 Å². The number of nitrogens with one attached hydrogen (secondary N) is 1. The van der Waals surface area contributed by atoms with Gasteiger partial charge in [0.1, 0.15) is 0 Å². The van der Waals surface area contributed by atoms with Gasteiger partial charge in [0.2, 0.25) is 0 Å². The molecule has 0 aliphatic carbocycles. The Morgan fingerprint density at radius 3 is 2.54 bits per heavy atom. The Bertz CT molecular complexity index is 257. The van der Waals surface area contributed by atoms with Crippen LogP contribution >= 0.6 is 27.3 Å². The van der Waals surface area contributed by atoms with Gasteiger partial charge in [-0.1, -0.05) is 20.8 Å². The summed E-state index contributed by atoms with van der Waals surface area (Å²) >= 11 is 5.31. The summed E-state index contributed by atoms with van der Waals surface area (Å²) in [5, 5.41) is 3.50. The average molecular weight is 262 g/mol. The van der Waals surface area contributed by atoms with Gasteiger partial charge in [0, 0.05) is 10.9 Å². The first kappa shape index (κ1) is 11.2. The number of rotatable bonds is 4. The van der Waals surface area contributed by atoms with E-state index < -0.39 is 0 Å². The first-order valence-electron chi connectivity index (χ1n) is 4.63. The third kappa shape index (κ3) is 3.08. The Balaban J connectivity index is 2.75. The van der Waals surface area contributed by atoms with E-state index in [4.69, 9.17) is 0 Å². The number of hydrogen-bond acceptors (Lipinski definition) is 2. The first-order chi connectivity index (χ1) is 6.15. The second-order valence-corrected chi connectivity index (χ2v) is 5.92. The lowest BCUT2D eigenvalue weighted by molar-refractivity contribution is 0.428. The van der Waals surface area contributed by atoms with Gasteiger partial charge in [0.05, 0.1) is 3.79 Å². The fourth-order valence-corrected chi connectivity index (χ4v) is 3.05. The molecule has 0 fully saturated rings. The van der Waals surface area contributed by atoms with E-state index >= 15 is 0 Å². The highest BCUT2D eigenvalue weighted by Gasteiger charge is 2.15. The predicted octanol–water partition coefficient (Wildman–Crippen LogP) is 3.82. The molecule has 1 aromatic rings. The van der Waals surface area contributed by atoms with E-state index in [2.05, 4.69) is 54.2 Å². The maximum atomic E-state index is 3.50. The fourth-order valence-electron chi connectivity index (χ4n) is 1.38. The van der Waals surface area contributed by atoms with Crippen LogP contribution in [0.2, 0.25) is 0 Å². The van der Waals surface area contributed by atoms with Crippen molar-refractivity contribution in [1.82, 2.24) is 5.32 Å². The van der Waals surface area contributed by atoms with Crippen LogP contribution in [0.3, 0.4) is 0 Å². The molecule has 1 nitrogen and oxygen atoms in total.